The average Bonchev–Trinajstić information content (AvgIpc) is 2.37. The lowest BCUT2D eigenvalue weighted by Gasteiger charge is -2.14. The van der Waals surface area contributed by atoms with E-state index >= 15 is 0 Å². The second-order valence-electron chi connectivity index (χ2n) is 4.28. The van der Waals surface area contributed by atoms with Gasteiger partial charge in [0.2, 0.25) is 0 Å². The van der Waals surface area contributed by atoms with Crippen molar-refractivity contribution >= 4 is 27.5 Å². The Balaban J connectivity index is 2.15. The van der Waals surface area contributed by atoms with Crippen molar-refractivity contribution in [3.8, 4) is 5.75 Å². The summed E-state index contributed by atoms with van der Waals surface area (Å²) in [4.78, 5) is 0. The van der Waals surface area contributed by atoms with Crippen molar-refractivity contribution in [2.75, 3.05) is 0 Å². The van der Waals surface area contributed by atoms with Crippen LogP contribution >= 0.6 is 27.5 Å². The molecule has 2 aromatic carbocycles. The first-order valence-corrected chi connectivity index (χ1v) is 7.08. The number of hydrogen-bond acceptors (Lipinski definition) is 2. The van der Waals surface area contributed by atoms with E-state index in [2.05, 4.69) is 15.9 Å². The third kappa shape index (κ3) is 3.96. The summed E-state index contributed by atoms with van der Waals surface area (Å²) in [7, 11) is 0. The SMILES string of the molecule is C[C@@H](O)c1cc(Cl)ccc1OCc1cccc(Br)c1. The van der Waals surface area contributed by atoms with Crippen LogP contribution in [-0.2, 0) is 6.61 Å². The van der Waals surface area contributed by atoms with Crippen LogP contribution in [0.15, 0.2) is 46.9 Å². The lowest BCUT2D eigenvalue weighted by Crippen LogP contribution is -2.01. The zero-order valence-corrected chi connectivity index (χ0v) is 12.8. The van der Waals surface area contributed by atoms with Crippen molar-refractivity contribution in [1.82, 2.24) is 0 Å². The van der Waals surface area contributed by atoms with Crippen LogP contribution in [0.3, 0.4) is 0 Å². The van der Waals surface area contributed by atoms with Crippen LogP contribution in [0.5, 0.6) is 5.75 Å². The Kier molecular flexibility index (Phi) is 4.86. The van der Waals surface area contributed by atoms with Crippen molar-refractivity contribution in [2.24, 2.45) is 0 Å². The Hall–Kier alpha value is -1.03. The van der Waals surface area contributed by atoms with Gasteiger partial charge in [-0.25, -0.2) is 0 Å². The number of halogens is 2. The Morgan fingerprint density at radius 2 is 2.05 bits per heavy atom. The molecule has 4 heteroatoms. The number of rotatable bonds is 4. The molecule has 0 aliphatic heterocycles. The second-order valence-corrected chi connectivity index (χ2v) is 5.63. The fourth-order valence-corrected chi connectivity index (χ4v) is 2.39. The molecule has 0 saturated heterocycles. The van der Waals surface area contributed by atoms with E-state index in [1.165, 1.54) is 0 Å². The van der Waals surface area contributed by atoms with Gasteiger partial charge in [0.05, 0.1) is 6.10 Å². The van der Waals surface area contributed by atoms with Crippen LogP contribution in [-0.4, -0.2) is 5.11 Å². The standard InChI is InChI=1S/C15H14BrClO2/c1-10(18)14-8-13(17)5-6-15(14)19-9-11-3-2-4-12(16)7-11/h2-8,10,18H,9H2,1H3/t10-/m1/s1. The van der Waals surface area contributed by atoms with E-state index in [-0.39, 0.29) is 0 Å². The minimum Gasteiger partial charge on any atom is -0.489 e. The molecule has 0 saturated carbocycles. The molecule has 0 radical (unpaired) electrons. The highest BCUT2D eigenvalue weighted by atomic mass is 79.9. The Morgan fingerprint density at radius 1 is 1.26 bits per heavy atom. The van der Waals surface area contributed by atoms with Crippen molar-refractivity contribution < 1.29 is 9.84 Å². The summed E-state index contributed by atoms with van der Waals surface area (Å²) in [5, 5.41) is 10.3. The molecule has 0 unspecified atom stereocenters. The molecule has 100 valence electrons. The van der Waals surface area contributed by atoms with Gasteiger partial charge in [-0.05, 0) is 42.8 Å². The van der Waals surface area contributed by atoms with Crippen molar-refractivity contribution in [3.05, 3.63) is 63.1 Å². The van der Waals surface area contributed by atoms with Gasteiger partial charge >= 0.3 is 0 Å². The lowest BCUT2D eigenvalue weighted by molar-refractivity contribution is 0.190. The molecule has 0 aromatic heterocycles. The molecule has 2 nitrogen and oxygen atoms in total. The number of aliphatic hydroxyl groups excluding tert-OH is 1. The van der Waals surface area contributed by atoms with Gasteiger partial charge in [0, 0.05) is 15.1 Å². The quantitative estimate of drug-likeness (QED) is 0.870. The molecule has 2 rings (SSSR count). The van der Waals surface area contributed by atoms with Gasteiger partial charge < -0.3 is 9.84 Å². The van der Waals surface area contributed by atoms with Gasteiger partial charge in [0.25, 0.3) is 0 Å². The smallest absolute Gasteiger partial charge is 0.125 e. The van der Waals surface area contributed by atoms with Gasteiger partial charge in [0.15, 0.2) is 0 Å². The molecule has 2 aromatic rings. The van der Waals surface area contributed by atoms with E-state index in [0.29, 0.717) is 22.9 Å². The number of aliphatic hydroxyl groups is 1. The van der Waals surface area contributed by atoms with E-state index in [0.717, 1.165) is 10.0 Å². The molecule has 0 aliphatic rings. The maximum Gasteiger partial charge on any atom is 0.125 e. The minimum absolute atomic E-state index is 0.445. The summed E-state index contributed by atoms with van der Waals surface area (Å²) in [6.45, 7) is 2.14. The van der Waals surface area contributed by atoms with Crippen LogP contribution in [0.25, 0.3) is 0 Å². The average molecular weight is 342 g/mol. The summed E-state index contributed by atoms with van der Waals surface area (Å²) in [6, 6.07) is 13.2. The first-order valence-electron chi connectivity index (χ1n) is 5.91. The zero-order chi connectivity index (χ0) is 13.8. The maximum atomic E-state index is 9.72. The summed E-state index contributed by atoms with van der Waals surface area (Å²) in [5.74, 6) is 0.652. The fourth-order valence-electron chi connectivity index (χ4n) is 1.77. The van der Waals surface area contributed by atoms with Gasteiger partial charge in [-0.3, -0.25) is 0 Å². The van der Waals surface area contributed by atoms with Crippen molar-refractivity contribution in [3.63, 3.8) is 0 Å². The van der Waals surface area contributed by atoms with Crippen LogP contribution in [0.1, 0.15) is 24.2 Å². The topological polar surface area (TPSA) is 29.5 Å². The third-order valence-electron chi connectivity index (χ3n) is 2.71. The normalized spacial score (nSPS) is 12.2. The van der Waals surface area contributed by atoms with E-state index in [1.54, 1.807) is 25.1 Å². The maximum absolute atomic E-state index is 9.72. The molecule has 0 bridgehead atoms. The monoisotopic (exact) mass is 340 g/mol. The van der Waals surface area contributed by atoms with Gasteiger partial charge in [-0.1, -0.05) is 39.7 Å². The molecule has 1 N–H and O–H groups in total. The first kappa shape index (κ1) is 14.4. The summed E-state index contributed by atoms with van der Waals surface area (Å²) >= 11 is 9.35. The van der Waals surface area contributed by atoms with Gasteiger partial charge in [0.1, 0.15) is 12.4 Å². The molecule has 0 fully saturated rings. The van der Waals surface area contributed by atoms with Crippen LogP contribution < -0.4 is 4.74 Å². The lowest BCUT2D eigenvalue weighted by atomic mass is 10.1. The minimum atomic E-state index is -0.615. The number of benzene rings is 2. The van der Waals surface area contributed by atoms with Gasteiger partial charge in [-0.2, -0.15) is 0 Å². The van der Waals surface area contributed by atoms with E-state index < -0.39 is 6.10 Å². The molecule has 0 aliphatic carbocycles. The summed E-state index contributed by atoms with van der Waals surface area (Å²) < 4.78 is 6.77. The number of hydrogen-bond donors (Lipinski definition) is 1. The highest BCUT2D eigenvalue weighted by Crippen LogP contribution is 2.29. The molecule has 0 spiro atoms. The van der Waals surface area contributed by atoms with E-state index in [9.17, 15) is 5.11 Å². The third-order valence-corrected chi connectivity index (χ3v) is 3.43. The van der Waals surface area contributed by atoms with Crippen LogP contribution in [0.4, 0.5) is 0 Å². The molecule has 1 atom stereocenters. The largest absolute Gasteiger partial charge is 0.489 e. The predicted molar refractivity (Wildman–Crippen MR) is 80.6 cm³/mol. The van der Waals surface area contributed by atoms with E-state index in [4.69, 9.17) is 16.3 Å². The first-order chi connectivity index (χ1) is 9.06. The van der Waals surface area contributed by atoms with Gasteiger partial charge in [-0.15, -0.1) is 0 Å². The number of ether oxygens (including phenoxy) is 1. The van der Waals surface area contributed by atoms with Crippen molar-refractivity contribution in [2.45, 2.75) is 19.6 Å². The molecular weight excluding hydrogens is 328 g/mol. The zero-order valence-electron chi connectivity index (χ0n) is 10.4. The Morgan fingerprint density at radius 3 is 2.74 bits per heavy atom. The van der Waals surface area contributed by atoms with Crippen LogP contribution in [0, 0.1) is 0 Å². The fraction of sp³-hybridized carbons (Fsp3) is 0.200. The van der Waals surface area contributed by atoms with Crippen molar-refractivity contribution in [1.29, 1.82) is 0 Å². The highest BCUT2D eigenvalue weighted by Gasteiger charge is 2.10. The Bertz CT molecular complexity index is 570. The molecule has 19 heavy (non-hydrogen) atoms. The highest BCUT2D eigenvalue weighted by molar-refractivity contribution is 9.10. The molecule has 0 heterocycles. The summed E-state index contributed by atoms with van der Waals surface area (Å²) in [5.41, 5.74) is 1.75. The molecular formula is C15H14BrClO2. The summed E-state index contributed by atoms with van der Waals surface area (Å²) in [6.07, 6.45) is -0.615. The molecule has 0 amide bonds. The second kappa shape index (κ2) is 6.42. The predicted octanol–water partition coefficient (Wildman–Crippen LogP) is 4.73. The van der Waals surface area contributed by atoms with Crippen LogP contribution in [0.2, 0.25) is 5.02 Å². The Labute approximate surface area is 126 Å². The van der Waals surface area contributed by atoms with E-state index in [1.807, 2.05) is 24.3 Å².